The van der Waals surface area contributed by atoms with Crippen molar-refractivity contribution in [3.8, 4) is 22.4 Å². The van der Waals surface area contributed by atoms with E-state index in [0.717, 1.165) is 39.6 Å². The van der Waals surface area contributed by atoms with Gasteiger partial charge in [0.2, 0.25) is 0 Å². The van der Waals surface area contributed by atoms with Crippen LogP contribution in [0.1, 0.15) is 43.0 Å². The molecule has 2 aromatic heterocycles. The van der Waals surface area contributed by atoms with Crippen LogP contribution in [0, 0.1) is 26.2 Å². The molecule has 0 aliphatic heterocycles. The third-order valence-electron chi connectivity index (χ3n) is 6.41. The Morgan fingerprint density at radius 3 is 2.30 bits per heavy atom. The Bertz CT molecular complexity index is 1500. The first-order valence-electron chi connectivity index (χ1n) is 11.7. The molecule has 5 rings (SSSR count). The van der Waals surface area contributed by atoms with Crippen LogP contribution in [-0.4, -0.2) is 4.98 Å². The number of hydrogen-bond acceptors (Lipinski definition) is 2. The van der Waals surface area contributed by atoms with Crippen molar-refractivity contribution in [3.05, 3.63) is 89.1 Å². The van der Waals surface area contributed by atoms with Crippen molar-refractivity contribution in [3.63, 3.8) is 0 Å². The summed E-state index contributed by atoms with van der Waals surface area (Å²) in [6.45, 7) is 13.3. The van der Waals surface area contributed by atoms with Crippen molar-refractivity contribution in [1.29, 1.82) is 0 Å². The molecule has 0 radical (unpaired) electrons. The molecule has 2 heteroatoms. The topological polar surface area (TPSA) is 26.0 Å². The van der Waals surface area contributed by atoms with Gasteiger partial charge in [0, 0.05) is 22.5 Å². The van der Waals surface area contributed by atoms with Crippen molar-refractivity contribution in [1.82, 2.24) is 4.98 Å². The molecule has 0 saturated heterocycles. The number of aromatic nitrogens is 1. The van der Waals surface area contributed by atoms with E-state index in [4.69, 9.17) is 9.40 Å². The highest BCUT2D eigenvalue weighted by Gasteiger charge is 2.15. The Hall–Kier alpha value is -3.39. The first kappa shape index (κ1) is 21.5. The summed E-state index contributed by atoms with van der Waals surface area (Å²) in [5, 5.41) is 2.29. The average molecular weight is 434 g/mol. The van der Waals surface area contributed by atoms with Crippen molar-refractivity contribution in [2.45, 2.75) is 48.0 Å². The molecule has 0 aliphatic rings. The second-order valence-electron chi connectivity index (χ2n) is 10.6. The van der Waals surface area contributed by atoms with Gasteiger partial charge in [-0.15, -0.1) is 0 Å². The van der Waals surface area contributed by atoms with Crippen LogP contribution in [0.25, 0.3) is 44.3 Å². The lowest BCUT2D eigenvalue weighted by molar-refractivity contribution is 0.410. The summed E-state index contributed by atoms with van der Waals surface area (Å²) >= 11 is 0. The second-order valence-corrected chi connectivity index (χ2v) is 10.6. The maximum absolute atomic E-state index is 6.27. The minimum Gasteiger partial charge on any atom is -0.456 e. The van der Waals surface area contributed by atoms with Crippen LogP contribution in [0.3, 0.4) is 0 Å². The predicted molar refractivity (Wildman–Crippen MR) is 140 cm³/mol. The van der Waals surface area contributed by atoms with Crippen molar-refractivity contribution in [2.24, 2.45) is 5.41 Å². The highest BCUT2D eigenvalue weighted by molar-refractivity contribution is 6.07. The molecule has 0 unspecified atom stereocenters. The molecule has 0 fully saturated rings. The van der Waals surface area contributed by atoms with Gasteiger partial charge in [0.1, 0.15) is 11.2 Å². The highest BCUT2D eigenvalue weighted by atomic mass is 16.3. The SMILES string of the molecule is Cc1ccc(C)c(-c2ccc3oc4cc(-c5cc(CC(C)(C)C)c(C)cn5)ccc4c3c2)c1. The third-order valence-corrected chi connectivity index (χ3v) is 6.41. The summed E-state index contributed by atoms with van der Waals surface area (Å²) in [6.07, 6.45) is 3.03. The standard InChI is InChI=1S/C31H31NO/c1-19-7-8-20(2)26(13-19)22-10-12-29-27(14-22)25-11-9-23(16-30(25)33-29)28-15-24(17-31(4,5)6)21(3)18-32-28/h7-16,18H,17H2,1-6H3. The minimum absolute atomic E-state index is 0.236. The maximum atomic E-state index is 6.27. The van der Waals surface area contributed by atoms with E-state index in [-0.39, 0.29) is 5.41 Å². The van der Waals surface area contributed by atoms with E-state index in [1.165, 1.54) is 33.4 Å². The molecule has 0 bridgehead atoms. The van der Waals surface area contributed by atoms with Crippen LogP contribution in [0.15, 0.2) is 71.3 Å². The summed E-state index contributed by atoms with van der Waals surface area (Å²) in [4.78, 5) is 4.73. The smallest absolute Gasteiger partial charge is 0.136 e. The fraction of sp³-hybridized carbons (Fsp3) is 0.258. The molecular formula is C31H31NO. The largest absolute Gasteiger partial charge is 0.456 e. The summed E-state index contributed by atoms with van der Waals surface area (Å²) < 4.78 is 6.27. The van der Waals surface area contributed by atoms with Gasteiger partial charge in [-0.2, -0.15) is 0 Å². The summed E-state index contributed by atoms with van der Waals surface area (Å²) in [5.74, 6) is 0. The Kier molecular flexibility index (Phi) is 5.12. The van der Waals surface area contributed by atoms with Gasteiger partial charge in [-0.25, -0.2) is 0 Å². The molecule has 3 aromatic carbocycles. The number of fused-ring (bicyclic) bond motifs is 3. The molecule has 2 heterocycles. The monoisotopic (exact) mass is 433 g/mol. The van der Waals surface area contributed by atoms with E-state index in [2.05, 4.69) is 102 Å². The molecule has 166 valence electrons. The van der Waals surface area contributed by atoms with Crippen LogP contribution in [0.5, 0.6) is 0 Å². The van der Waals surface area contributed by atoms with Gasteiger partial charge in [0.05, 0.1) is 5.69 Å². The minimum atomic E-state index is 0.236. The summed E-state index contributed by atoms with van der Waals surface area (Å²) in [7, 11) is 0. The van der Waals surface area contributed by atoms with Crippen LogP contribution in [0.4, 0.5) is 0 Å². The Labute approximate surface area is 196 Å². The van der Waals surface area contributed by atoms with Crippen molar-refractivity contribution in [2.75, 3.05) is 0 Å². The molecule has 33 heavy (non-hydrogen) atoms. The van der Waals surface area contributed by atoms with Crippen LogP contribution in [0.2, 0.25) is 0 Å². The quantitative estimate of drug-likeness (QED) is 0.284. The number of aryl methyl sites for hydroxylation is 3. The lowest BCUT2D eigenvalue weighted by Gasteiger charge is -2.20. The molecule has 0 saturated carbocycles. The zero-order valence-electron chi connectivity index (χ0n) is 20.4. The fourth-order valence-corrected chi connectivity index (χ4v) is 4.64. The fourth-order valence-electron chi connectivity index (χ4n) is 4.64. The van der Waals surface area contributed by atoms with Gasteiger partial charge in [-0.3, -0.25) is 4.98 Å². The first-order valence-corrected chi connectivity index (χ1v) is 11.7. The molecule has 5 aromatic rings. The molecule has 2 nitrogen and oxygen atoms in total. The van der Waals surface area contributed by atoms with E-state index in [9.17, 15) is 0 Å². The van der Waals surface area contributed by atoms with Gasteiger partial charge in [-0.1, -0.05) is 56.7 Å². The van der Waals surface area contributed by atoms with Gasteiger partial charge < -0.3 is 4.42 Å². The predicted octanol–water partition coefficient (Wildman–Crippen LogP) is 8.83. The number of furan rings is 1. The zero-order chi connectivity index (χ0) is 23.3. The summed E-state index contributed by atoms with van der Waals surface area (Å²) in [5.41, 5.74) is 11.8. The molecule has 0 N–H and O–H groups in total. The van der Waals surface area contributed by atoms with Gasteiger partial charge in [-0.05, 0) is 90.8 Å². The Morgan fingerprint density at radius 2 is 1.52 bits per heavy atom. The lowest BCUT2D eigenvalue weighted by atomic mass is 9.86. The summed E-state index contributed by atoms with van der Waals surface area (Å²) in [6, 6.07) is 21.8. The molecule has 0 atom stereocenters. The van der Waals surface area contributed by atoms with Crippen LogP contribution in [-0.2, 0) is 6.42 Å². The number of nitrogens with zero attached hydrogens (tertiary/aromatic N) is 1. The molecular weight excluding hydrogens is 402 g/mol. The van der Waals surface area contributed by atoms with Crippen molar-refractivity contribution < 1.29 is 4.42 Å². The normalized spacial score (nSPS) is 12.1. The number of benzene rings is 3. The van der Waals surface area contributed by atoms with E-state index in [0.29, 0.717) is 0 Å². The van der Waals surface area contributed by atoms with Gasteiger partial charge in [0.15, 0.2) is 0 Å². The lowest BCUT2D eigenvalue weighted by Crippen LogP contribution is -2.10. The van der Waals surface area contributed by atoms with Crippen LogP contribution >= 0.6 is 0 Å². The maximum Gasteiger partial charge on any atom is 0.136 e. The van der Waals surface area contributed by atoms with E-state index in [1.54, 1.807) is 0 Å². The number of rotatable bonds is 3. The third kappa shape index (κ3) is 4.18. The average Bonchev–Trinajstić information content (AvgIpc) is 3.13. The Morgan fingerprint density at radius 1 is 0.727 bits per heavy atom. The van der Waals surface area contributed by atoms with E-state index >= 15 is 0 Å². The van der Waals surface area contributed by atoms with Crippen molar-refractivity contribution >= 4 is 21.9 Å². The van der Waals surface area contributed by atoms with Gasteiger partial charge in [0.25, 0.3) is 0 Å². The molecule has 0 spiro atoms. The number of hydrogen-bond donors (Lipinski definition) is 0. The van der Waals surface area contributed by atoms with E-state index in [1.807, 2.05) is 6.20 Å². The second kappa shape index (κ2) is 7.88. The number of pyridine rings is 1. The molecule has 0 amide bonds. The molecule has 0 aliphatic carbocycles. The van der Waals surface area contributed by atoms with Gasteiger partial charge >= 0.3 is 0 Å². The Balaban J connectivity index is 1.59. The zero-order valence-corrected chi connectivity index (χ0v) is 20.4. The van der Waals surface area contributed by atoms with E-state index < -0.39 is 0 Å². The first-order chi connectivity index (χ1) is 15.7. The highest BCUT2D eigenvalue weighted by Crippen LogP contribution is 2.36. The van der Waals surface area contributed by atoms with Crippen LogP contribution < -0.4 is 0 Å².